The van der Waals surface area contributed by atoms with E-state index in [-0.39, 0.29) is 11.8 Å². The molecule has 3 aromatic rings. The zero-order valence-electron chi connectivity index (χ0n) is 16.8. The molecule has 1 saturated heterocycles. The quantitative estimate of drug-likeness (QED) is 0.649. The first-order valence-corrected chi connectivity index (χ1v) is 10.9. The van der Waals surface area contributed by atoms with Gasteiger partial charge in [-0.25, -0.2) is 0 Å². The molecular weight excluding hydrogens is 406 g/mol. The molecule has 1 aromatic carbocycles. The van der Waals surface area contributed by atoms with Gasteiger partial charge in [0.25, 0.3) is 0 Å². The zero-order valence-corrected chi connectivity index (χ0v) is 18.3. The third kappa shape index (κ3) is 4.02. The number of nitrogens with zero attached hydrogens (tertiary/aromatic N) is 4. The third-order valence-corrected chi connectivity index (χ3v) is 6.91. The fourth-order valence-corrected chi connectivity index (χ4v) is 4.90. The zero-order chi connectivity index (χ0) is 20.5. The molecule has 0 unspecified atom stereocenters. The maximum atomic E-state index is 12.7. The molecule has 0 radical (unpaired) electrons. The van der Waals surface area contributed by atoms with E-state index in [1.54, 1.807) is 11.3 Å². The Morgan fingerprint density at radius 3 is 2.41 bits per heavy atom. The molecule has 0 aliphatic carbocycles. The average Bonchev–Trinajstić information content (AvgIpc) is 3.32. The van der Waals surface area contributed by atoms with E-state index in [0.29, 0.717) is 5.02 Å². The highest BCUT2D eigenvalue weighted by Crippen LogP contribution is 2.30. The number of halogens is 1. The highest BCUT2D eigenvalue weighted by molar-refractivity contribution is 7.17. The Morgan fingerprint density at radius 1 is 1.07 bits per heavy atom. The van der Waals surface area contributed by atoms with Crippen molar-refractivity contribution in [3.63, 3.8) is 0 Å². The fourth-order valence-electron chi connectivity index (χ4n) is 3.71. The summed E-state index contributed by atoms with van der Waals surface area (Å²) in [5.74, 6) is 0.0533. The molecule has 0 saturated carbocycles. The SMILES string of the molecule is Cc1c(Cl)cccc1NC(=O)C1CCN(c2nnc(-n3c(C)ccc3C)s2)CC1. The van der Waals surface area contributed by atoms with E-state index in [4.69, 9.17) is 11.6 Å². The number of hydrogen-bond acceptors (Lipinski definition) is 5. The van der Waals surface area contributed by atoms with Crippen LogP contribution < -0.4 is 10.2 Å². The molecule has 1 fully saturated rings. The van der Waals surface area contributed by atoms with Crippen molar-refractivity contribution in [1.29, 1.82) is 0 Å². The average molecular weight is 430 g/mol. The Labute approximate surface area is 179 Å². The number of benzene rings is 1. The molecule has 29 heavy (non-hydrogen) atoms. The molecule has 8 heteroatoms. The number of aryl methyl sites for hydroxylation is 2. The van der Waals surface area contributed by atoms with Crippen molar-refractivity contribution < 1.29 is 4.79 Å². The lowest BCUT2D eigenvalue weighted by molar-refractivity contribution is -0.120. The smallest absolute Gasteiger partial charge is 0.227 e. The maximum absolute atomic E-state index is 12.7. The molecule has 3 heterocycles. The van der Waals surface area contributed by atoms with Crippen LogP contribution in [0.3, 0.4) is 0 Å². The van der Waals surface area contributed by atoms with Gasteiger partial charge in [-0.15, -0.1) is 10.2 Å². The van der Waals surface area contributed by atoms with Crippen molar-refractivity contribution in [3.05, 3.63) is 52.3 Å². The molecule has 0 bridgehead atoms. The summed E-state index contributed by atoms with van der Waals surface area (Å²) in [5, 5.41) is 14.3. The van der Waals surface area contributed by atoms with Gasteiger partial charge in [0.05, 0.1) is 0 Å². The van der Waals surface area contributed by atoms with Crippen LogP contribution >= 0.6 is 22.9 Å². The summed E-state index contributed by atoms with van der Waals surface area (Å²) in [7, 11) is 0. The van der Waals surface area contributed by atoms with Crippen LogP contribution in [0.15, 0.2) is 30.3 Å². The van der Waals surface area contributed by atoms with Gasteiger partial charge in [0, 0.05) is 41.1 Å². The monoisotopic (exact) mass is 429 g/mol. The van der Waals surface area contributed by atoms with Gasteiger partial charge in [-0.3, -0.25) is 9.36 Å². The number of anilines is 2. The first-order valence-electron chi connectivity index (χ1n) is 9.74. The summed E-state index contributed by atoms with van der Waals surface area (Å²) in [5.41, 5.74) is 3.99. The predicted octanol–water partition coefficient (Wildman–Crippen LogP) is 4.76. The topological polar surface area (TPSA) is 63.1 Å². The number of hydrogen-bond donors (Lipinski definition) is 1. The standard InChI is InChI=1S/C21H24ClN5OS/c1-13-7-8-14(2)27(13)21-25-24-20(29-21)26-11-9-16(10-12-26)19(28)23-18-6-4-5-17(22)15(18)3/h4-8,16H,9-12H2,1-3H3,(H,23,28). The first kappa shape index (κ1) is 19.9. The number of aromatic nitrogens is 3. The molecule has 0 spiro atoms. The molecule has 1 N–H and O–H groups in total. The summed E-state index contributed by atoms with van der Waals surface area (Å²) < 4.78 is 2.12. The Hall–Kier alpha value is -2.38. The minimum Gasteiger partial charge on any atom is -0.347 e. The summed E-state index contributed by atoms with van der Waals surface area (Å²) >= 11 is 7.75. The van der Waals surface area contributed by atoms with E-state index in [1.807, 2.05) is 25.1 Å². The van der Waals surface area contributed by atoms with Gasteiger partial charge in [0.2, 0.25) is 16.2 Å². The highest BCUT2D eigenvalue weighted by Gasteiger charge is 2.27. The Balaban J connectivity index is 1.38. The summed E-state index contributed by atoms with van der Waals surface area (Å²) in [6.45, 7) is 7.65. The molecule has 6 nitrogen and oxygen atoms in total. The largest absolute Gasteiger partial charge is 0.347 e. The highest BCUT2D eigenvalue weighted by atomic mass is 35.5. The van der Waals surface area contributed by atoms with Crippen LogP contribution in [0.5, 0.6) is 0 Å². The van der Waals surface area contributed by atoms with E-state index in [1.165, 1.54) is 0 Å². The predicted molar refractivity (Wildman–Crippen MR) is 118 cm³/mol. The molecule has 4 rings (SSSR count). The van der Waals surface area contributed by atoms with E-state index in [9.17, 15) is 4.79 Å². The van der Waals surface area contributed by atoms with Gasteiger partial charge in [-0.2, -0.15) is 0 Å². The number of rotatable bonds is 4. The van der Waals surface area contributed by atoms with E-state index >= 15 is 0 Å². The molecule has 1 aliphatic heterocycles. The van der Waals surface area contributed by atoms with Crippen molar-refractivity contribution >= 4 is 39.7 Å². The van der Waals surface area contributed by atoms with E-state index < -0.39 is 0 Å². The second-order valence-electron chi connectivity index (χ2n) is 7.48. The van der Waals surface area contributed by atoms with Crippen LogP contribution in [-0.4, -0.2) is 33.8 Å². The lowest BCUT2D eigenvalue weighted by Crippen LogP contribution is -2.38. The summed E-state index contributed by atoms with van der Waals surface area (Å²) in [6.07, 6.45) is 1.59. The lowest BCUT2D eigenvalue weighted by Gasteiger charge is -2.30. The van der Waals surface area contributed by atoms with Gasteiger partial charge < -0.3 is 10.2 Å². The Morgan fingerprint density at radius 2 is 1.72 bits per heavy atom. The first-order chi connectivity index (χ1) is 13.9. The van der Waals surface area contributed by atoms with Crippen molar-refractivity contribution in [2.75, 3.05) is 23.3 Å². The minimum absolute atomic E-state index is 0.00837. The van der Waals surface area contributed by atoms with E-state index in [2.05, 4.69) is 51.0 Å². The maximum Gasteiger partial charge on any atom is 0.227 e. The molecule has 152 valence electrons. The normalized spacial score (nSPS) is 15.0. The lowest BCUT2D eigenvalue weighted by atomic mass is 9.96. The van der Waals surface area contributed by atoms with Crippen LogP contribution in [0, 0.1) is 26.7 Å². The molecule has 2 aromatic heterocycles. The van der Waals surface area contributed by atoms with Gasteiger partial charge in [-0.05, 0) is 63.4 Å². The van der Waals surface area contributed by atoms with Crippen LogP contribution in [0.1, 0.15) is 29.8 Å². The van der Waals surface area contributed by atoms with Crippen LogP contribution in [0.25, 0.3) is 5.13 Å². The molecular formula is C21H24ClN5OS. The van der Waals surface area contributed by atoms with Gasteiger partial charge in [0.15, 0.2) is 0 Å². The summed E-state index contributed by atoms with van der Waals surface area (Å²) in [4.78, 5) is 14.9. The van der Waals surface area contributed by atoms with Gasteiger partial charge >= 0.3 is 0 Å². The number of amides is 1. The number of nitrogens with one attached hydrogen (secondary N) is 1. The molecule has 1 amide bonds. The van der Waals surface area contributed by atoms with Gasteiger partial charge in [-0.1, -0.05) is 29.0 Å². The number of carbonyl (C=O) groups is 1. The number of piperidine rings is 1. The fraction of sp³-hybridized carbons (Fsp3) is 0.381. The Kier molecular flexibility index (Phi) is 5.61. The van der Waals surface area contributed by atoms with Crippen LogP contribution in [-0.2, 0) is 4.79 Å². The summed E-state index contributed by atoms with van der Waals surface area (Å²) in [6, 6.07) is 9.75. The van der Waals surface area contributed by atoms with Crippen molar-refractivity contribution in [2.45, 2.75) is 33.6 Å². The molecule has 0 atom stereocenters. The third-order valence-electron chi connectivity index (χ3n) is 5.53. The number of carbonyl (C=O) groups excluding carboxylic acids is 1. The van der Waals surface area contributed by atoms with Crippen molar-refractivity contribution in [2.24, 2.45) is 5.92 Å². The van der Waals surface area contributed by atoms with Gasteiger partial charge in [0.1, 0.15) is 0 Å². The van der Waals surface area contributed by atoms with Crippen LogP contribution in [0.2, 0.25) is 5.02 Å². The Bertz CT molecular complexity index is 1020. The van der Waals surface area contributed by atoms with E-state index in [0.717, 1.165) is 58.8 Å². The second kappa shape index (κ2) is 8.16. The van der Waals surface area contributed by atoms with Crippen molar-refractivity contribution in [3.8, 4) is 5.13 Å². The second-order valence-corrected chi connectivity index (χ2v) is 8.82. The minimum atomic E-state index is -0.00837. The molecule has 1 aliphatic rings. The van der Waals surface area contributed by atoms with Crippen molar-refractivity contribution in [1.82, 2.24) is 14.8 Å². The van der Waals surface area contributed by atoms with Crippen LogP contribution in [0.4, 0.5) is 10.8 Å².